The first-order valence-electron chi connectivity index (χ1n) is 11.8. The van der Waals surface area contributed by atoms with Gasteiger partial charge in [0.1, 0.15) is 0 Å². The van der Waals surface area contributed by atoms with Crippen molar-refractivity contribution in [3.05, 3.63) is 41.6 Å². The van der Waals surface area contributed by atoms with Gasteiger partial charge >= 0.3 is 0 Å². The minimum Gasteiger partial charge on any atom is -0.342 e. The predicted molar refractivity (Wildman–Crippen MR) is 128 cm³/mol. The van der Waals surface area contributed by atoms with Crippen molar-refractivity contribution in [2.45, 2.75) is 44.9 Å². The molecule has 2 aliphatic rings. The number of piperidine rings is 2. The van der Waals surface area contributed by atoms with E-state index in [-0.39, 0.29) is 0 Å². The summed E-state index contributed by atoms with van der Waals surface area (Å²) in [5, 5.41) is 1.19. The molecule has 5 heteroatoms. The average molecular weight is 421 g/mol. The fraction of sp³-hybridized carbons (Fsp3) is 0.577. The standard InChI is InChI=1S/C26H36N4O/c1-19-15-22(23-8-7-21(16-27-2)26-24(23)5-4-12-28-26)18-30(17-19)25(31)9-6-20-10-13-29(3)14-11-20/h4-5,7-8,12,16,19-20,22H,6,9-11,13-15,17-18H2,1-3H3/b27-16-. The molecule has 0 saturated carbocycles. The van der Waals surface area contributed by atoms with E-state index in [1.165, 1.54) is 36.9 Å². The monoisotopic (exact) mass is 420 g/mol. The zero-order valence-corrected chi connectivity index (χ0v) is 19.3. The number of carbonyl (C=O) groups is 1. The van der Waals surface area contributed by atoms with Crippen LogP contribution < -0.4 is 0 Å². The number of amides is 1. The van der Waals surface area contributed by atoms with E-state index in [9.17, 15) is 4.79 Å². The Kier molecular flexibility index (Phi) is 7.01. The van der Waals surface area contributed by atoms with Crippen molar-refractivity contribution < 1.29 is 4.79 Å². The highest BCUT2D eigenvalue weighted by molar-refractivity contribution is 5.99. The highest BCUT2D eigenvalue weighted by atomic mass is 16.2. The third-order valence-corrected chi connectivity index (χ3v) is 7.16. The number of aliphatic imine (C=N–C) groups is 1. The summed E-state index contributed by atoms with van der Waals surface area (Å²) in [6.45, 7) is 6.33. The number of hydrogen-bond donors (Lipinski definition) is 0. The van der Waals surface area contributed by atoms with E-state index in [2.05, 4.69) is 51.9 Å². The molecule has 3 heterocycles. The first kappa shape index (κ1) is 21.9. The molecule has 31 heavy (non-hydrogen) atoms. The van der Waals surface area contributed by atoms with Gasteiger partial charge in [-0.1, -0.05) is 25.1 Å². The second kappa shape index (κ2) is 9.90. The van der Waals surface area contributed by atoms with Crippen LogP contribution in [0.15, 0.2) is 35.5 Å². The van der Waals surface area contributed by atoms with Gasteiger partial charge in [-0.2, -0.15) is 0 Å². The van der Waals surface area contributed by atoms with E-state index in [4.69, 9.17) is 0 Å². The first-order chi connectivity index (χ1) is 15.0. The van der Waals surface area contributed by atoms with Crippen LogP contribution in [0.1, 0.15) is 56.1 Å². The van der Waals surface area contributed by atoms with Crippen LogP contribution in [0, 0.1) is 11.8 Å². The van der Waals surface area contributed by atoms with Crippen LogP contribution >= 0.6 is 0 Å². The quantitative estimate of drug-likeness (QED) is 0.676. The highest BCUT2D eigenvalue weighted by Crippen LogP contribution is 2.35. The number of carbonyl (C=O) groups excluding carboxylic acids is 1. The number of benzene rings is 1. The largest absolute Gasteiger partial charge is 0.342 e. The Hall–Kier alpha value is -2.27. The molecule has 1 aromatic carbocycles. The summed E-state index contributed by atoms with van der Waals surface area (Å²) in [6, 6.07) is 8.53. The molecule has 0 bridgehead atoms. The normalized spacial score (nSPS) is 23.6. The number of hydrogen-bond acceptors (Lipinski definition) is 4. The van der Waals surface area contributed by atoms with Crippen LogP contribution in [0.25, 0.3) is 10.9 Å². The van der Waals surface area contributed by atoms with Gasteiger partial charge < -0.3 is 9.80 Å². The molecule has 4 rings (SSSR count). The Morgan fingerprint density at radius 3 is 2.81 bits per heavy atom. The molecule has 2 aromatic rings. The Morgan fingerprint density at radius 1 is 1.23 bits per heavy atom. The van der Waals surface area contributed by atoms with E-state index in [1.54, 1.807) is 7.05 Å². The smallest absolute Gasteiger partial charge is 0.222 e. The van der Waals surface area contributed by atoms with E-state index < -0.39 is 0 Å². The molecule has 1 aromatic heterocycles. The highest BCUT2D eigenvalue weighted by Gasteiger charge is 2.30. The molecule has 0 aliphatic carbocycles. The van der Waals surface area contributed by atoms with E-state index in [1.807, 2.05) is 18.5 Å². The lowest BCUT2D eigenvalue weighted by molar-refractivity contribution is -0.133. The Morgan fingerprint density at radius 2 is 2.03 bits per heavy atom. The Balaban J connectivity index is 1.48. The molecule has 1 amide bonds. The third-order valence-electron chi connectivity index (χ3n) is 7.16. The van der Waals surface area contributed by atoms with Gasteiger partial charge in [-0.25, -0.2) is 0 Å². The van der Waals surface area contributed by atoms with Crippen LogP contribution in [0.5, 0.6) is 0 Å². The number of nitrogens with zero attached hydrogens (tertiary/aromatic N) is 4. The molecule has 2 unspecified atom stereocenters. The average Bonchev–Trinajstić information content (AvgIpc) is 2.78. The van der Waals surface area contributed by atoms with Crippen molar-refractivity contribution in [2.24, 2.45) is 16.8 Å². The van der Waals surface area contributed by atoms with Gasteiger partial charge in [0.2, 0.25) is 5.91 Å². The molecule has 2 aliphatic heterocycles. The van der Waals surface area contributed by atoms with Crippen molar-refractivity contribution in [3.8, 4) is 0 Å². The summed E-state index contributed by atoms with van der Waals surface area (Å²) in [6.07, 6.45) is 9.04. The van der Waals surface area contributed by atoms with Crippen molar-refractivity contribution >= 4 is 23.0 Å². The van der Waals surface area contributed by atoms with Gasteiger partial charge in [-0.05, 0) is 69.3 Å². The molecular formula is C26H36N4O. The third kappa shape index (κ3) is 5.15. The molecule has 166 valence electrons. The molecule has 2 saturated heterocycles. The predicted octanol–water partition coefficient (Wildman–Crippen LogP) is 4.36. The molecule has 5 nitrogen and oxygen atoms in total. The van der Waals surface area contributed by atoms with Crippen molar-refractivity contribution in [3.63, 3.8) is 0 Å². The zero-order valence-electron chi connectivity index (χ0n) is 19.3. The zero-order chi connectivity index (χ0) is 21.8. The summed E-state index contributed by atoms with van der Waals surface area (Å²) in [5.74, 6) is 1.92. The Labute approximate surface area is 186 Å². The van der Waals surface area contributed by atoms with E-state index in [0.717, 1.165) is 37.0 Å². The maximum atomic E-state index is 13.1. The van der Waals surface area contributed by atoms with Crippen LogP contribution in [-0.4, -0.2) is 67.2 Å². The first-order valence-corrected chi connectivity index (χ1v) is 11.8. The number of aromatic nitrogens is 1. The van der Waals surface area contributed by atoms with Gasteiger partial charge in [0, 0.05) is 55.8 Å². The van der Waals surface area contributed by atoms with Crippen LogP contribution in [0.2, 0.25) is 0 Å². The van der Waals surface area contributed by atoms with Crippen LogP contribution in [0.3, 0.4) is 0 Å². The summed E-state index contributed by atoms with van der Waals surface area (Å²) in [5.41, 5.74) is 3.37. The van der Waals surface area contributed by atoms with Crippen molar-refractivity contribution in [2.75, 3.05) is 40.3 Å². The molecule has 2 atom stereocenters. The number of pyridine rings is 1. The maximum Gasteiger partial charge on any atom is 0.222 e. The molecule has 0 N–H and O–H groups in total. The van der Waals surface area contributed by atoms with Gasteiger partial charge in [0.25, 0.3) is 0 Å². The lowest BCUT2D eigenvalue weighted by atomic mass is 9.83. The molecule has 2 fully saturated rings. The lowest BCUT2D eigenvalue weighted by Gasteiger charge is -2.37. The van der Waals surface area contributed by atoms with E-state index in [0.29, 0.717) is 30.1 Å². The Bertz CT molecular complexity index is 932. The minimum absolute atomic E-state index is 0.340. The van der Waals surface area contributed by atoms with Crippen molar-refractivity contribution in [1.82, 2.24) is 14.8 Å². The molecular weight excluding hydrogens is 384 g/mol. The number of rotatable bonds is 5. The lowest BCUT2D eigenvalue weighted by Crippen LogP contribution is -2.42. The summed E-state index contributed by atoms with van der Waals surface area (Å²) in [7, 11) is 3.98. The number of fused-ring (bicyclic) bond motifs is 1. The SMILES string of the molecule is C/N=C\c1ccc(C2CC(C)CN(C(=O)CCC3CCN(C)CC3)C2)c2cccnc12. The minimum atomic E-state index is 0.340. The molecule has 0 radical (unpaired) electrons. The topological polar surface area (TPSA) is 48.8 Å². The molecule has 0 spiro atoms. The van der Waals surface area contributed by atoms with E-state index >= 15 is 0 Å². The second-order valence-corrected chi connectivity index (χ2v) is 9.65. The fourth-order valence-electron chi connectivity index (χ4n) is 5.43. The van der Waals surface area contributed by atoms with Gasteiger partial charge in [0.15, 0.2) is 0 Å². The van der Waals surface area contributed by atoms with Gasteiger partial charge in [-0.3, -0.25) is 14.8 Å². The number of likely N-dealkylation sites (tertiary alicyclic amines) is 2. The summed E-state index contributed by atoms with van der Waals surface area (Å²) < 4.78 is 0. The maximum absolute atomic E-state index is 13.1. The summed E-state index contributed by atoms with van der Waals surface area (Å²) >= 11 is 0. The fourth-order valence-corrected chi connectivity index (χ4v) is 5.43. The summed E-state index contributed by atoms with van der Waals surface area (Å²) in [4.78, 5) is 26.5. The van der Waals surface area contributed by atoms with Gasteiger partial charge in [-0.15, -0.1) is 0 Å². The van der Waals surface area contributed by atoms with Crippen LogP contribution in [-0.2, 0) is 4.79 Å². The van der Waals surface area contributed by atoms with Crippen molar-refractivity contribution in [1.29, 1.82) is 0 Å². The second-order valence-electron chi connectivity index (χ2n) is 9.65. The van der Waals surface area contributed by atoms with Gasteiger partial charge in [0.05, 0.1) is 5.52 Å². The van der Waals surface area contributed by atoms with Crippen LogP contribution in [0.4, 0.5) is 0 Å².